The van der Waals surface area contributed by atoms with E-state index in [0.29, 0.717) is 11.3 Å². The number of aromatic nitrogens is 2. The molecule has 0 spiro atoms. The molecule has 0 bridgehead atoms. The Kier molecular flexibility index (Phi) is 8.38. The highest BCUT2D eigenvalue weighted by Gasteiger charge is 2.54. The second-order valence-corrected chi connectivity index (χ2v) is 19.1. The number of rotatable bonds is 8. The van der Waals surface area contributed by atoms with Crippen molar-refractivity contribution >= 4 is 31.9 Å². The lowest BCUT2D eigenvalue weighted by atomic mass is 9.83. The molecule has 10 nitrogen and oxygen atoms in total. The van der Waals surface area contributed by atoms with Gasteiger partial charge in [-0.2, -0.15) is 5.10 Å². The summed E-state index contributed by atoms with van der Waals surface area (Å²) in [5.41, 5.74) is -0.902. The van der Waals surface area contributed by atoms with Gasteiger partial charge in [-0.15, -0.1) is 4.68 Å². The first kappa shape index (κ1) is 31.7. The Morgan fingerprint density at radius 3 is 2.36 bits per heavy atom. The lowest BCUT2D eigenvalue weighted by molar-refractivity contribution is -0.121. The molecule has 1 aromatic carbocycles. The number of urea groups is 1. The summed E-state index contributed by atoms with van der Waals surface area (Å²) in [5.74, 6) is -0.408. The van der Waals surface area contributed by atoms with Gasteiger partial charge in [0.15, 0.2) is 0 Å². The third kappa shape index (κ3) is 5.70. The van der Waals surface area contributed by atoms with E-state index in [1.54, 1.807) is 57.7 Å². The average molecular weight is 602 g/mol. The van der Waals surface area contributed by atoms with Crippen molar-refractivity contribution in [3.63, 3.8) is 0 Å². The van der Waals surface area contributed by atoms with E-state index in [1.165, 1.54) is 6.07 Å². The quantitative estimate of drug-likeness (QED) is 0.324. The third-order valence-electron chi connectivity index (χ3n) is 8.83. The Morgan fingerprint density at radius 1 is 1.19 bits per heavy atom. The zero-order chi connectivity index (χ0) is 31.3. The first-order chi connectivity index (χ1) is 19.4. The van der Waals surface area contributed by atoms with Crippen LogP contribution < -0.4 is 10.6 Å². The Hall–Kier alpha value is -3.25. The van der Waals surface area contributed by atoms with E-state index in [9.17, 15) is 23.9 Å². The Morgan fingerprint density at radius 2 is 1.83 bits per heavy atom. The summed E-state index contributed by atoms with van der Waals surface area (Å²) >= 11 is 0. The average Bonchev–Trinajstić information content (AvgIpc) is 3.30. The molecule has 0 radical (unpaired) electrons. The van der Waals surface area contributed by atoms with Crippen molar-refractivity contribution in [3.05, 3.63) is 46.9 Å². The molecule has 1 atom stereocenters. The van der Waals surface area contributed by atoms with Gasteiger partial charge in [0.1, 0.15) is 11.6 Å². The van der Waals surface area contributed by atoms with Gasteiger partial charge in [-0.3, -0.25) is 4.79 Å². The van der Waals surface area contributed by atoms with Gasteiger partial charge in [0, 0.05) is 22.6 Å². The zero-order valence-corrected chi connectivity index (χ0v) is 26.9. The van der Waals surface area contributed by atoms with Crippen molar-refractivity contribution in [1.29, 1.82) is 0 Å². The van der Waals surface area contributed by atoms with Crippen LogP contribution in [0.5, 0.6) is 0 Å². The van der Waals surface area contributed by atoms with Crippen LogP contribution in [0.2, 0.25) is 24.7 Å². The molecule has 1 saturated carbocycles. The number of hydrogen-bond donors (Lipinski definition) is 3. The Labute approximate surface area is 248 Å². The molecule has 2 aromatic rings. The largest absolute Gasteiger partial charge is 0.448 e. The van der Waals surface area contributed by atoms with Gasteiger partial charge < -0.3 is 25.4 Å². The zero-order valence-electron chi connectivity index (χ0n) is 25.9. The van der Waals surface area contributed by atoms with Crippen LogP contribution >= 0.6 is 0 Å². The number of anilines is 1. The highest BCUT2D eigenvalue weighted by molar-refractivity contribution is 6.83. The second-order valence-electron chi connectivity index (χ2n) is 13.6. The molecule has 4 rings (SSSR count). The van der Waals surface area contributed by atoms with E-state index in [1.807, 2.05) is 0 Å². The van der Waals surface area contributed by atoms with Crippen molar-refractivity contribution < 1.29 is 28.6 Å². The van der Waals surface area contributed by atoms with Crippen LogP contribution in [0.15, 0.2) is 24.3 Å². The smallest absolute Gasteiger partial charge is 0.436 e. The lowest BCUT2D eigenvalue weighted by Gasteiger charge is -2.48. The van der Waals surface area contributed by atoms with E-state index in [-0.39, 0.29) is 36.9 Å². The van der Waals surface area contributed by atoms with Crippen LogP contribution in [-0.2, 0) is 21.6 Å². The fourth-order valence-corrected chi connectivity index (χ4v) is 8.74. The van der Waals surface area contributed by atoms with Crippen molar-refractivity contribution in [3.8, 4) is 0 Å². The van der Waals surface area contributed by atoms with E-state index >= 15 is 0 Å². The van der Waals surface area contributed by atoms with E-state index in [4.69, 9.17) is 4.74 Å². The summed E-state index contributed by atoms with van der Waals surface area (Å²) in [5, 5.41) is 20.6. The molecule has 12 heteroatoms. The maximum Gasteiger partial charge on any atom is 0.436 e. The van der Waals surface area contributed by atoms with Crippen LogP contribution in [0.4, 0.5) is 19.8 Å². The lowest BCUT2D eigenvalue weighted by Crippen LogP contribution is -2.52. The first-order valence-electron chi connectivity index (χ1n) is 14.6. The van der Waals surface area contributed by atoms with Gasteiger partial charge in [0.25, 0.3) is 0 Å². The van der Waals surface area contributed by atoms with Crippen LogP contribution in [0, 0.1) is 5.82 Å². The van der Waals surface area contributed by atoms with Crippen LogP contribution in [0.25, 0.3) is 0 Å². The highest BCUT2D eigenvalue weighted by Crippen LogP contribution is 2.56. The summed E-state index contributed by atoms with van der Waals surface area (Å²) in [4.78, 5) is 42.1. The molecule has 1 aromatic heterocycles. The topological polar surface area (TPSA) is 126 Å². The Bertz CT molecular complexity index is 1370. The minimum atomic E-state index is -1.92. The first-order valence-corrected chi connectivity index (χ1v) is 18.1. The number of hydrogen-bond acceptors (Lipinski definition) is 6. The molecule has 1 aliphatic carbocycles. The second kappa shape index (κ2) is 11.1. The molecule has 1 aliphatic heterocycles. The minimum Gasteiger partial charge on any atom is -0.448 e. The van der Waals surface area contributed by atoms with E-state index < -0.39 is 48.2 Å². The van der Waals surface area contributed by atoms with Gasteiger partial charge in [0.05, 0.1) is 44.1 Å². The van der Waals surface area contributed by atoms with Crippen molar-refractivity contribution in [2.45, 2.75) is 109 Å². The van der Waals surface area contributed by atoms with Crippen LogP contribution in [0.3, 0.4) is 0 Å². The predicted octanol–water partition coefficient (Wildman–Crippen LogP) is 5.89. The van der Waals surface area contributed by atoms with Gasteiger partial charge in [0.2, 0.25) is 5.91 Å². The maximum atomic E-state index is 14.8. The monoisotopic (exact) mass is 601 g/mol. The molecule has 2 heterocycles. The number of carbonyl (C=O) groups is 3. The van der Waals surface area contributed by atoms with Crippen LogP contribution in [-0.4, -0.2) is 58.1 Å². The predicted molar refractivity (Wildman–Crippen MR) is 160 cm³/mol. The number of aliphatic hydroxyl groups is 1. The summed E-state index contributed by atoms with van der Waals surface area (Å²) in [6.45, 7) is 15.2. The van der Waals surface area contributed by atoms with Crippen LogP contribution in [0.1, 0.15) is 83.2 Å². The minimum absolute atomic E-state index is 0.0512. The molecule has 0 saturated heterocycles. The summed E-state index contributed by atoms with van der Waals surface area (Å²) in [7, 11) is -1.92. The summed E-state index contributed by atoms with van der Waals surface area (Å²) in [6, 6.07) is 4.85. The number of carbonyl (C=O) groups excluding carboxylic acids is 3. The van der Waals surface area contributed by atoms with Crippen molar-refractivity contribution in [2.24, 2.45) is 0 Å². The Balaban J connectivity index is 1.68. The highest BCUT2D eigenvalue weighted by atomic mass is 28.3. The van der Waals surface area contributed by atoms with Gasteiger partial charge in [-0.1, -0.05) is 44.3 Å². The number of fused-ring (bicyclic) bond motifs is 1. The normalized spacial score (nSPS) is 18.1. The number of ether oxygens (including phenoxy) is 1. The van der Waals surface area contributed by atoms with Gasteiger partial charge >= 0.3 is 12.1 Å². The number of benzene rings is 1. The number of amides is 3. The third-order valence-corrected chi connectivity index (χ3v) is 12.4. The fraction of sp³-hybridized carbons (Fsp3) is 0.600. The van der Waals surface area contributed by atoms with Gasteiger partial charge in [-0.25, -0.2) is 14.0 Å². The van der Waals surface area contributed by atoms with Crippen molar-refractivity contribution in [1.82, 2.24) is 20.0 Å². The summed E-state index contributed by atoms with van der Waals surface area (Å²) < 4.78 is 21.1. The molecule has 1 fully saturated rings. The molecular weight excluding hydrogens is 557 g/mol. The van der Waals surface area contributed by atoms with Gasteiger partial charge in [-0.05, 0) is 53.5 Å². The molecule has 3 N–H and O–H groups in total. The van der Waals surface area contributed by atoms with E-state index in [0.717, 1.165) is 23.9 Å². The standard InChI is InChI=1S/C30H44FN5O5Si/c1-9-41-27(39)36-24(33-25(37)30(15-12-16-30)42(6,7)8)20-18-35(29(4,5)23(20)34-36)26(38)32-22(17-28(2,3)40)19-13-10-11-14-21(19)31/h10-11,13-14,22,40H,9,12,15-18H2,1-8H3,(H,32,38)(H,33,37)/t22-/m1/s1. The number of nitrogens with zero attached hydrogens (tertiary/aromatic N) is 3. The molecular formula is C30H44FN5O5Si. The number of nitrogens with one attached hydrogen (secondary N) is 2. The SMILES string of the molecule is CCOC(=O)n1nc2c(c1NC(=O)C1([Si](C)(C)C)CCC1)CN(C(=O)N[C@H](CC(C)(C)O)c1ccccc1F)C2(C)C. The van der Waals surface area contributed by atoms with Crippen molar-refractivity contribution in [2.75, 3.05) is 11.9 Å². The fourth-order valence-electron chi connectivity index (χ4n) is 6.14. The maximum absolute atomic E-state index is 14.8. The molecule has 3 amide bonds. The molecule has 0 unspecified atom stereocenters. The van der Waals surface area contributed by atoms with E-state index in [2.05, 4.69) is 35.4 Å². The summed E-state index contributed by atoms with van der Waals surface area (Å²) in [6.07, 6.45) is 1.93. The molecule has 42 heavy (non-hydrogen) atoms. The number of halogens is 1. The molecule has 230 valence electrons. The molecule has 2 aliphatic rings.